The number of methoxy groups -OCH3 is 1. The van der Waals surface area contributed by atoms with Crippen LogP contribution in [0.4, 0.5) is 5.69 Å². The molecule has 0 spiro atoms. The Bertz CT molecular complexity index is 658. The fourth-order valence-corrected chi connectivity index (χ4v) is 1.95. The fraction of sp³-hybridized carbons (Fsp3) is 0.294. The highest BCUT2D eigenvalue weighted by Gasteiger charge is 2.33. The zero-order valence-electron chi connectivity index (χ0n) is 12.8. The molecule has 1 aliphatic rings. The number of ether oxygens (including phenoxy) is 2. The Balaban J connectivity index is 2.12. The van der Waals surface area contributed by atoms with Crippen LogP contribution in [0.5, 0.6) is 0 Å². The third kappa shape index (κ3) is 3.61. The Hall–Kier alpha value is -2.42. The van der Waals surface area contributed by atoms with E-state index in [1.807, 2.05) is 31.2 Å². The normalized spacial score (nSPS) is 20.4. The fourth-order valence-electron chi connectivity index (χ4n) is 1.95. The van der Waals surface area contributed by atoms with Gasteiger partial charge in [-0.1, -0.05) is 18.6 Å². The number of hydrogen-bond acceptors (Lipinski definition) is 5. The van der Waals surface area contributed by atoms with Crippen molar-refractivity contribution < 1.29 is 9.47 Å². The van der Waals surface area contributed by atoms with Crippen LogP contribution in [0.25, 0.3) is 0 Å². The number of aliphatic imine (C=N–C) groups is 2. The van der Waals surface area contributed by atoms with E-state index in [9.17, 15) is 0 Å². The maximum atomic E-state index is 5.76. The van der Waals surface area contributed by atoms with Gasteiger partial charge in [-0.2, -0.15) is 0 Å². The summed E-state index contributed by atoms with van der Waals surface area (Å²) in [4.78, 5) is 8.51. The molecule has 0 aromatic heterocycles. The number of benzene rings is 1. The van der Waals surface area contributed by atoms with Crippen LogP contribution in [0.15, 0.2) is 46.4 Å². The molecular formula is C17H19N3O2. The Morgan fingerprint density at radius 2 is 2.23 bits per heavy atom. The third-order valence-electron chi connectivity index (χ3n) is 3.30. The molecule has 0 saturated carbocycles. The van der Waals surface area contributed by atoms with Crippen molar-refractivity contribution in [3.05, 3.63) is 42.0 Å². The Kier molecular flexibility index (Phi) is 5.10. The summed E-state index contributed by atoms with van der Waals surface area (Å²) in [6.07, 6.45) is 6.88. The lowest BCUT2D eigenvalue weighted by molar-refractivity contribution is -0.0185. The minimum absolute atomic E-state index is 0.420. The van der Waals surface area contributed by atoms with Gasteiger partial charge >= 0.3 is 0 Å². The molecule has 1 atom stereocenters. The van der Waals surface area contributed by atoms with Crippen molar-refractivity contribution >= 4 is 17.9 Å². The van der Waals surface area contributed by atoms with Gasteiger partial charge < -0.3 is 14.8 Å². The molecule has 0 aliphatic carbocycles. The predicted molar refractivity (Wildman–Crippen MR) is 89.3 cm³/mol. The molecule has 5 nitrogen and oxygen atoms in total. The molecule has 5 heteroatoms. The van der Waals surface area contributed by atoms with Crippen LogP contribution in [0.3, 0.4) is 0 Å². The summed E-state index contributed by atoms with van der Waals surface area (Å²) in [5.41, 5.74) is 1.42. The van der Waals surface area contributed by atoms with Crippen LogP contribution >= 0.6 is 0 Å². The van der Waals surface area contributed by atoms with Crippen LogP contribution in [0.1, 0.15) is 12.5 Å². The highest BCUT2D eigenvalue weighted by molar-refractivity contribution is 6.12. The quantitative estimate of drug-likeness (QED) is 0.671. The summed E-state index contributed by atoms with van der Waals surface area (Å²) >= 11 is 0. The van der Waals surface area contributed by atoms with Gasteiger partial charge in [0, 0.05) is 23.9 Å². The topological polar surface area (TPSA) is 55.2 Å². The van der Waals surface area contributed by atoms with Crippen LogP contribution < -0.4 is 5.32 Å². The Morgan fingerprint density at radius 3 is 2.95 bits per heavy atom. The third-order valence-corrected chi connectivity index (χ3v) is 3.30. The molecule has 1 unspecified atom stereocenters. The predicted octanol–water partition coefficient (Wildman–Crippen LogP) is 2.46. The second-order valence-electron chi connectivity index (χ2n) is 4.88. The highest BCUT2D eigenvalue weighted by Crippen LogP contribution is 2.26. The Labute approximate surface area is 130 Å². The van der Waals surface area contributed by atoms with Crippen molar-refractivity contribution in [2.45, 2.75) is 12.6 Å². The summed E-state index contributed by atoms with van der Waals surface area (Å²) in [7, 11) is 1.62. The van der Waals surface area contributed by atoms with Gasteiger partial charge in [-0.25, -0.2) is 9.98 Å². The molecule has 0 saturated heterocycles. The van der Waals surface area contributed by atoms with Crippen molar-refractivity contribution in [3.63, 3.8) is 0 Å². The van der Waals surface area contributed by atoms with E-state index in [-0.39, 0.29) is 0 Å². The monoisotopic (exact) mass is 297 g/mol. The number of amidine groups is 1. The zero-order chi connectivity index (χ0) is 16.0. The highest BCUT2D eigenvalue weighted by atomic mass is 16.5. The van der Waals surface area contributed by atoms with Gasteiger partial charge in [0.15, 0.2) is 5.72 Å². The van der Waals surface area contributed by atoms with Crippen LogP contribution in [-0.2, 0) is 9.47 Å². The first-order valence-electron chi connectivity index (χ1n) is 6.87. The van der Waals surface area contributed by atoms with E-state index < -0.39 is 5.72 Å². The molecular weight excluding hydrogens is 278 g/mol. The minimum atomic E-state index is -0.855. The molecule has 0 fully saturated rings. The summed E-state index contributed by atoms with van der Waals surface area (Å²) in [6, 6.07) is 7.52. The van der Waals surface area contributed by atoms with E-state index in [1.165, 1.54) is 6.34 Å². The second kappa shape index (κ2) is 7.03. The van der Waals surface area contributed by atoms with Gasteiger partial charge in [-0.05, 0) is 25.1 Å². The van der Waals surface area contributed by atoms with E-state index >= 15 is 0 Å². The van der Waals surface area contributed by atoms with Gasteiger partial charge in [-0.3, -0.25) is 0 Å². The lowest BCUT2D eigenvalue weighted by atomic mass is 10.0. The standard InChI is InChI=1S/C17H19N3O2/c1-5-14-7-6-8-15(11-14)20-16-13(2)17(3,19-12-18-16)22-10-9-21-4/h1,6-8,11-12H,2,9-10H2,3-4H3,(H,18,19,20). The summed E-state index contributed by atoms with van der Waals surface area (Å²) < 4.78 is 10.8. The zero-order valence-corrected chi connectivity index (χ0v) is 12.8. The molecule has 1 aromatic carbocycles. The Morgan fingerprint density at radius 1 is 1.41 bits per heavy atom. The van der Waals surface area contributed by atoms with Crippen molar-refractivity contribution in [3.8, 4) is 12.3 Å². The van der Waals surface area contributed by atoms with Crippen molar-refractivity contribution in [2.75, 3.05) is 25.6 Å². The molecule has 1 heterocycles. The second-order valence-corrected chi connectivity index (χ2v) is 4.88. The minimum Gasteiger partial charge on any atom is -0.382 e. The van der Waals surface area contributed by atoms with Crippen LogP contribution in [-0.4, -0.2) is 38.2 Å². The number of anilines is 1. The molecule has 0 bridgehead atoms. The average molecular weight is 297 g/mol. The first-order chi connectivity index (χ1) is 10.6. The summed E-state index contributed by atoms with van der Waals surface area (Å²) in [5, 5.41) is 3.20. The first kappa shape index (κ1) is 16.0. The molecule has 1 N–H and O–H groups in total. The summed E-state index contributed by atoms with van der Waals surface area (Å²) in [6.45, 7) is 6.80. The number of terminal acetylenes is 1. The molecule has 0 amide bonds. The lowest BCUT2D eigenvalue weighted by Crippen LogP contribution is -2.38. The van der Waals surface area contributed by atoms with E-state index in [1.54, 1.807) is 7.11 Å². The summed E-state index contributed by atoms with van der Waals surface area (Å²) in [5.74, 6) is 3.20. The van der Waals surface area contributed by atoms with Gasteiger partial charge in [0.05, 0.1) is 13.2 Å². The molecule has 1 aliphatic heterocycles. The average Bonchev–Trinajstić information content (AvgIpc) is 2.52. The molecule has 22 heavy (non-hydrogen) atoms. The van der Waals surface area contributed by atoms with Crippen molar-refractivity contribution in [2.24, 2.45) is 9.98 Å². The maximum absolute atomic E-state index is 5.76. The van der Waals surface area contributed by atoms with Crippen LogP contribution in [0, 0.1) is 12.3 Å². The number of nitrogens with zero attached hydrogens (tertiary/aromatic N) is 2. The van der Waals surface area contributed by atoms with Crippen LogP contribution in [0.2, 0.25) is 0 Å². The van der Waals surface area contributed by atoms with E-state index in [4.69, 9.17) is 15.9 Å². The van der Waals surface area contributed by atoms with Crippen molar-refractivity contribution in [1.29, 1.82) is 0 Å². The van der Waals surface area contributed by atoms with E-state index in [2.05, 4.69) is 27.8 Å². The van der Waals surface area contributed by atoms with Gasteiger partial charge in [0.2, 0.25) is 0 Å². The molecule has 1 aromatic rings. The SMILES string of the molecule is C#Cc1cccc(NC2=NC=NC(C)(OCCOC)C2=C)c1. The number of hydrogen-bond donors (Lipinski definition) is 1. The van der Waals surface area contributed by atoms with Gasteiger partial charge in [0.1, 0.15) is 12.2 Å². The number of rotatable bonds is 5. The smallest absolute Gasteiger partial charge is 0.186 e. The van der Waals surface area contributed by atoms with Crippen molar-refractivity contribution in [1.82, 2.24) is 0 Å². The first-order valence-corrected chi connectivity index (χ1v) is 6.87. The maximum Gasteiger partial charge on any atom is 0.186 e. The molecule has 114 valence electrons. The lowest BCUT2D eigenvalue weighted by Gasteiger charge is -2.30. The van der Waals surface area contributed by atoms with Gasteiger partial charge in [-0.15, -0.1) is 6.42 Å². The molecule has 0 radical (unpaired) electrons. The van der Waals surface area contributed by atoms with Gasteiger partial charge in [0.25, 0.3) is 0 Å². The largest absolute Gasteiger partial charge is 0.382 e. The van der Waals surface area contributed by atoms with E-state index in [0.717, 1.165) is 11.3 Å². The van der Waals surface area contributed by atoms with E-state index in [0.29, 0.717) is 24.6 Å². The molecule has 2 rings (SSSR count). The number of nitrogens with one attached hydrogen (secondary N) is 1.